The molecule has 19 heavy (non-hydrogen) atoms. The minimum atomic E-state index is -0.393. The molecule has 0 aliphatic carbocycles. The largest absolute Gasteiger partial charge is 0.305 e. The molecule has 1 aromatic carbocycles. The summed E-state index contributed by atoms with van der Waals surface area (Å²) < 4.78 is 0.778. The number of halogens is 1. The fourth-order valence-corrected chi connectivity index (χ4v) is 2.74. The van der Waals surface area contributed by atoms with E-state index in [1.54, 1.807) is 23.5 Å². The van der Waals surface area contributed by atoms with Crippen LogP contribution in [-0.4, -0.2) is 4.92 Å². The molecule has 2 aromatic rings. The number of rotatable bonds is 5. The maximum absolute atomic E-state index is 10.6. The second-order valence-corrected chi connectivity index (χ2v) is 5.96. The van der Waals surface area contributed by atoms with E-state index in [1.165, 1.54) is 17.0 Å². The SMILES string of the molecule is CC(NCc1ccc(Cl)s1)c1ccc([N+](=O)[O-])cc1. The van der Waals surface area contributed by atoms with E-state index < -0.39 is 4.92 Å². The third kappa shape index (κ3) is 3.76. The monoisotopic (exact) mass is 296 g/mol. The normalized spacial score (nSPS) is 12.3. The molecule has 6 heteroatoms. The van der Waals surface area contributed by atoms with Crippen LogP contribution in [0, 0.1) is 10.1 Å². The molecule has 1 atom stereocenters. The topological polar surface area (TPSA) is 55.2 Å². The van der Waals surface area contributed by atoms with Crippen molar-refractivity contribution < 1.29 is 4.92 Å². The molecule has 0 saturated heterocycles. The molecule has 1 N–H and O–H groups in total. The molecule has 100 valence electrons. The lowest BCUT2D eigenvalue weighted by molar-refractivity contribution is -0.384. The molecule has 0 aliphatic rings. The Morgan fingerprint density at radius 3 is 2.53 bits per heavy atom. The maximum Gasteiger partial charge on any atom is 0.269 e. The van der Waals surface area contributed by atoms with Crippen LogP contribution >= 0.6 is 22.9 Å². The molecule has 0 bridgehead atoms. The van der Waals surface area contributed by atoms with Gasteiger partial charge in [-0.25, -0.2) is 0 Å². The molecular weight excluding hydrogens is 284 g/mol. The summed E-state index contributed by atoms with van der Waals surface area (Å²) in [6.45, 7) is 2.76. The van der Waals surface area contributed by atoms with Gasteiger partial charge in [0.15, 0.2) is 0 Å². The Morgan fingerprint density at radius 1 is 1.32 bits per heavy atom. The third-order valence-electron chi connectivity index (χ3n) is 2.82. The van der Waals surface area contributed by atoms with Gasteiger partial charge in [0.2, 0.25) is 0 Å². The van der Waals surface area contributed by atoms with Crippen molar-refractivity contribution >= 4 is 28.6 Å². The molecule has 1 aromatic heterocycles. The lowest BCUT2D eigenvalue weighted by Gasteiger charge is -2.13. The quantitative estimate of drug-likeness (QED) is 0.666. The highest BCUT2D eigenvalue weighted by Gasteiger charge is 2.09. The van der Waals surface area contributed by atoms with Crippen LogP contribution in [0.3, 0.4) is 0 Å². The third-order valence-corrected chi connectivity index (χ3v) is 4.05. The predicted molar refractivity (Wildman–Crippen MR) is 77.7 cm³/mol. The Labute approximate surface area is 120 Å². The van der Waals surface area contributed by atoms with E-state index in [0.717, 1.165) is 16.4 Å². The van der Waals surface area contributed by atoms with E-state index in [9.17, 15) is 10.1 Å². The molecule has 2 rings (SSSR count). The second-order valence-electron chi connectivity index (χ2n) is 4.16. The summed E-state index contributed by atoms with van der Waals surface area (Å²) in [4.78, 5) is 11.3. The number of nitrogens with zero attached hydrogens (tertiary/aromatic N) is 1. The van der Waals surface area contributed by atoms with Gasteiger partial charge in [-0.15, -0.1) is 11.3 Å². The van der Waals surface area contributed by atoms with Crippen LogP contribution in [0.15, 0.2) is 36.4 Å². The Bertz CT molecular complexity index is 568. The van der Waals surface area contributed by atoms with Crippen molar-refractivity contribution in [1.29, 1.82) is 0 Å². The lowest BCUT2D eigenvalue weighted by Crippen LogP contribution is -2.17. The van der Waals surface area contributed by atoms with E-state index in [0.29, 0.717) is 0 Å². The number of nitro benzene ring substituents is 1. The van der Waals surface area contributed by atoms with Crippen LogP contribution in [0.5, 0.6) is 0 Å². The number of non-ortho nitro benzene ring substituents is 1. The van der Waals surface area contributed by atoms with Crippen molar-refractivity contribution in [2.45, 2.75) is 19.5 Å². The minimum Gasteiger partial charge on any atom is -0.305 e. The highest BCUT2D eigenvalue weighted by atomic mass is 35.5. The number of hydrogen-bond donors (Lipinski definition) is 1. The zero-order valence-corrected chi connectivity index (χ0v) is 11.9. The van der Waals surface area contributed by atoms with Crippen LogP contribution in [0.2, 0.25) is 4.34 Å². The summed E-state index contributed by atoms with van der Waals surface area (Å²) in [5, 5.41) is 13.9. The first kappa shape index (κ1) is 14.0. The Kier molecular flexibility index (Phi) is 4.52. The Balaban J connectivity index is 1.95. The molecule has 4 nitrogen and oxygen atoms in total. The molecule has 0 spiro atoms. The van der Waals surface area contributed by atoms with Gasteiger partial charge in [0.05, 0.1) is 9.26 Å². The first-order valence-corrected chi connectivity index (χ1v) is 6.97. The number of nitrogens with one attached hydrogen (secondary N) is 1. The van der Waals surface area contributed by atoms with Crippen molar-refractivity contribution in [2.24, 2.45) is 0 Å². The van der Waals surface area contributed by atoms with E-state index >= 15 is 0 Å². The van der Waals surface area contributed by atoms with E-state index in [2.05, 4.69) is 5.32 Å². The van der Waals surface area contributed by atoms with Gasteiger partial charge in [-0.3, -0.25) is 10.1 Å². The van der Waals surface area contributed by atoms with Gasteiger partial charge in [-0.2, -0.15) is 0 Å². The second kappa shape index (κ2) is 6.14. The first-order chi connectivity index (χ1) is 9.06. The lowest BCUT2D eigenvalue weighted by atomic mass is 10.1. The van der Waals surface area contributed by atoms with Gasteiger partial charge >= 0.3 is 0 Å². The van der Waals surface area contributed by atoms with Gasteiger partial charge in [-0.05, 0) is 24.6 Å². The zero-order valence-electron chi connectivity index (χ0n) is 10.3. The van der Waals surface area contributed by atoms with Crippen LogP contribution in [0.4, 0.5) is 5.69 Å². The van der Waals surface area contributed by atoms with Gasteiger partial charge in [0.1, 0.15) is 0 Å². The molecule has 0 fully saturated rings. The summed E-state index contributed by atoms with van der Waals surface area (Å²) in [5.74, 6) is 0. The smallest absolute Gasteiger partial charge is 0.269 e. The van der Waals surface area contributed by atoms with Crippen LogP contribution < -0.4 is 5.32 Å². The summed E-state index contributed by atoms with van der Waals surface area (Å²) >= 11 is 7.41. The maximum atomic E-state index is 10.6. The number of nitro groups is 1. The van der Waals surface area contributed by atoms with Crippen molar-refractivity contribution in [3.63, 3.8) is 0 Å². The number of thiophene rings is 1. The summed E-state index contributed by atoms with van der Waals surface area (Å²) in [6.07, 6.45) is 0. The van der Waals surface area contributed by atoms with E-state index in [1.807, 2.05) is 19.1 Å². The average molecular weight is 297 g/mol. The molecule has 0 amide bonds. The van der Waals surface area contributed by atoms with Crippen molar-refractivity contribution in [2.75, 3.05) is 0 Å². The Hall–Kier alpha value is -1.43. The molecule has 1 unspecified atom stereocenters. The van der Waals surface area contributed by atoms with Gasteiger partial charge in [0.25, 0.3) is 5.69 Å². The van der Waals surface area contributed by atoms with Crippen LogP contribution in [-0.2, 0) is 6.54 Å². The fraction of sp³-hybridized carbons (Fsp3) is 0.231. The molecule has 1 heterocycles. The van der Waals surface area contributed by atoms with Gasteiger partial charge in [-0.1, -0.05) is 23.7 Å². The van der Waals surface area contributed by atoms with Crippen molar-refractivity contribution in [3.8, 4) is 0 Å². The van der Waals surface area contributed by atoms with Crippen molar-refractivity contribution in [3.05, 3.63) is 61.3 Å². The highest BCUT2D eigenvalue weighted by Crippen LogP contribution is 2.22. The van der Waals surface area contributed by atoms with Gasteiger partial charge in [0, 0.05) is 29.6 Å². The number of hydrogen-bond acceptors (Lipinski definition) is 4. The van der Waals surface area contributed by atoms with Crippen molar-refractivity contribution in [1.82, 2.24) is 5.32 Å². The Morgan fingerprint density at radius 2 is 2.00 bits per heavy atom. The molecule has 0 aliphatic heterocycles. The number of benzene rings is 1. The molecule has 0 saturated carbocycles. The average Bonchev–Trinajstić information content (AvgIpc) is 2.82. The first-order valence-electron chi connectivity index (χ1n) is 5.78. The van der Waals surface area contributed by atoms with Gasteiger partial charge < -0.3 is 5.32 Å². The van der Waals surface area contributed by atoms with Crippen LogP contribution in [0.1, 0.15) is 23.4 Å². The molecular formula is C13H13ClN2O2S. The predicted octanol–water partition coefficient (Wildman–Crippen LogP) is 4.16. The fourth-order valence-electron chi connectivity index (χ4n) is 1.70. The van der Waals surface area contributed by atoms with Crippen LogP contribution in [0.25, 0.3) is 0 Å². The highest BCUT2D eigenvalue weighted by molar-refractivity contribution is 7.16. The summed E-state index contributed by atoms with van der Waals surface area (Å²) in [5.41, 5.74) is 1.13. The zero-order chi connectivity index (χ0) is 13.8. The summed E-state index contributed by atoms with van der Waals surface area (Å²) in [6, 6.07) is 10.6. The standard InChI is InChI=1S/C13H13ClN2O2S/c1-9(15-8-12-6-7-13(14)19-12)10-2-4-11(5-3-10)16(17)18/h2-7,9,15H,8H2,1H3. The minimum absolute atomic E-state index is 0.112. The van der Waals surface area contributed by atoms with E-state index in [-0.39, 0.29) is 11.7 Å². The summed E-state index contributed by atoms with van der Waals surface area (Å²) in [7, 11) is 0. The van der Waals surface area contributed by atoms with E-state index in [4.69, 9.17) is 11.6 Å². The molecule has 0 radical (unpaired) electrons.